The number of aromatic nitrogens is 3. The molecule has 1 N–H and O–H groups in total. The Labute approximate surface area is 238 Å². The van der Waals surface area contributed by atoms with Gasteiger partial charge in [-0.05, 0) is 55.0 Å². The van der Waals surface area contributed by atoms with E-state index in [4.69, 9.17) is 14.5 Å². The number of ether oxygens (including phenoxy) is 2. The van der Waals surface area contributed by atoms with Gasteiger partial charge < -0.3 is 23.5 Å². The molecule has 0 unspecified atom stereocenters. The van der Waals surface area contributed by atoms with E-state index in [0.717, 1.165) is 55.6 Å². The van der Waals surface area contributed by atoms with Gasteiger partial charge in [0, 0.05) is 44.2 Å². The fourth-order valence-electron chi connectivity index (χ4n) is 6.35. The topological polar surface area (TPSA) is 119 Å². The summed E-state index contributed by atoms with van der Waals surface area (Å²) in [6.07, 6.45) is 3.07. The van der Waals surface area contributed by atoms with Gasteiger partial charge in [0.2, 0.25) is 0 Å². The van der Waals surface area contributed by atoms with Crippen molar-refractivity contribution in [3.05, 3.63) is 47.5 Å². The normalized spacial score (nSPS) is 20.2. The molecule has 7 rings (SSSR count). The van der Waals surface area contributed by atoms with Crippen molar-refractivity contribution in [2.24, 2.45) is 13.0 Å². The van der Waals surface area contributed by atoms with Gasteiger partial charge in [0.25, 0.3) is 5.91 Å². The maximum atomic E-state index is 13.6. The summed E-state index contributed by atoms with van der Waals surface area (Å²) in [6, 6.07) is 11.5. The Balaban J connectivity index is 1.25. The van der Waals surface area contributed by atoms with Crippen LogP contribution < -0.4 is 4.74 Å². The molecular formula is C29H33N5O6S. The summed E-state index contributed by atoms with van der Waals surface area (Å²) in [7, 11) is -0.680. The van der Waals surface area contributed by atoms with Crippen molar-refractivity contribution in [2.45, 2.75) is 31.8 Å². The highest BCUT2D eigenvalue weighted by atomic mass is 32.2. The number of hydrogen-bond acceptors (Lipinski definition) is 6. The Kier molecular flexibility index (Phi) is 6.34. The average molecular weight is 580 g/mol. The number of morpholine rings is 1. The van der Waals surface area contributed by atoms with Crippen LogP contribution in [0.5, 0.6) is 5.75 Å². The van der Waals surface area contributed by atoms with E-state index in [1.165, 1.54) is 12.8 Å². The van der Waals surface area contributed by atoms with E-state index >= 15 is 0 Å². The summed E-state index contributed by atoms with van der Waals surface area (Å²) in [5, 5.41) is 1.10. The minimum Gasteiger partial charge on any atom is -0.495 e. The van der Waals surface area contributed by atoms with Gasteiger partial charge in [0.1, 0.15) is 5.75 Å². The number of carbonyl (C=O) groups excluding carboxylic acids is 1. The fourth-order valence-corrected chi connectivity index (χ4v) is 7.16. The predicted molar refractivity (Wildman–Crippen MR) is 153 cm³/mol. The van der Waals surface area contributed by atoms with E-state index in [-0.39, 0.29) is 32.2 Å². The van der Waals surface area contributed by atoms with Crippen LogP contribution in [0.2, 0.25) is 0 Å². The summed E-state index contributed by atoms with van der Waals surface area (Å²) >= 11 is 0. The van der Waals surface area contributed by atoms with Crippen molar-refractivity contribution in [3.63, 3.8) is 0 Å². The number of aryl methyl sites for hydroxylation is 1. The number of benzene rings is 2. The molecular weight excluding hydrogens is 546 g/mol. The Bertz CT molecular complexity index is 1790. The quantitative estimate of drug-likeness (QED) is 0.334. The van der Waals surface area contributed by atoms with E-state index in [0.29, 0.717) is 24.4 Å². The van der Waals surface area contributed by atoms with Crippen molar-refractivity contribution in [1.82, 2.24) is 23.3 Å². The first kappa shape index (κ1) is 26.4. The highest BCUT2D eigenvalue weighted by Gasteiger charge is 2.36. The molecule has 0 bridgehead atoms. The first-order valence-electron chi connectivity index (χ1n) is 14.0. The van der Waals surface area contributed by atoms with E-state index in [1.807, 2.05) is 25.2 Å². The van der Waals surface area contributed by atoms with Gasteiger partial charge in [-0.3, -0.25) is 9.35 Å². The fraction of sp³-hybridized carbons (Fsp3) is 0.448. The van der Waals surface area contributed by atoms with E-state index in [1.54, 1.807) is 12.0 Å². The van der Waals surface area contributed by atoms with Gasteiger partial charge >= 0.3 is 10.3 Å². The number of para-hydroxylation sites is 1. The van der Waals surface area contributed by atoms with Crippen LogP contribution in [0.4, 0.5) is 0 Å². The van der Waals surface area contributed by atoms with Crippen LogP contribution in [0.25, 0.3) is 33.5 Å². The molecule has 2 aromatic carbocycles. The van der Waals surface area contributed by atoms with Crippen LogP contribution in [0.15, 0.2) is 36.4 Å². The third kappa shape index (κ3) is 4.58. The molecule has 0 radical (unpaired) electrons. The lowest BCUT2D eigenvalue weighted by Crippen LogP contribution is -2.55. The highest BCUT2D eigenvalue weighted by molar-refractivity contribution is 7.83. The van der Waals surface area contributed by atoms with Crippen LogP contribution in [0, 0.1) is 5.92 Å². The van der Waals surface area contributed by atoms with Crippen LogP contribution in [-0.2, 0) is 35.1 Å². The first-order valence-corrected chi connectivity index (χ1v) is 15.4. The number of hydrogen-bond donors (Lipinski definition) is 1. The Morgan fingerprint density at radius 2 is 1.98 bits per heavy atom. The van der Waals surface area contributed by atoms with Crippen molar-refractivity contribution < 1.29 is 27.2 Å². The maximum Gasteiger partial charge on any atom is 0.336 e. The molecule has 1 aliphatic carbocycles. The zero-order chi connectivity index (χ0) is 28.5. The van der Waals surface area contributed by atoms with Gasteiger partial charge in [-0.2, -0.15) is 12.7 Å². The zero-order valence-corrected chi connectivity index (χ0v) is 23.9. The largest absolute Gasteiger partial charge is 0.495 e. The molecule has 1 atom stereocenters. The second kappa shape index (κ2) is 9.83. The van der Waals surface area contributed by atoms with Gasteiger partial charge in [-0.1, -0.05) is 12.1 Å². The summed E-state index contributed by atoms with van der Waals surface area (Å²) in [6.45, 7) is 1.89. The number of rotatable bonds is 7. The minimum atomic E-state index is -4.39. The number of nitrogens with zero attached hydrogens (tertiary/aromatic N) is 5. The second-order valence-corrected chi connectivity index (χ2v) is 12.7. The number of carbonyl (C=O) groups is 1. The number of methoxy groups -OCH3 is 1. The third-order valence-electron chi connectivity index (χ3n) is 8.65. The monoisotopic (exact) mass is 579 g/mol. The molecule has 216 valence electrons. The zero-order valence-electron chi connectivity index (χ0n) is 23.1. The molecule has 4 heterocycles. The summed E-state index contributed by atoms with van der Waals surface area (Å²) in [5.41, 5.74) is 5.28. The van der Waals surface area contributed by atoms with E-state index in [9.17, 15) is 17.8 Å². The third-order valence-corrected chi connectivity index (χ3v) is 9.72. The van der Waals surface area contributed by atoms with Gasteiger partial charge in [-0.15, -0.1) is 0 Å². The smallest absolute Gasteiger partial charge is 0.336 e. The van der Waals surface area contributed by atoms with Gasteiger partial charge in [0.05, 0.1) is 48.6 Å². The molecule has 1 amide bonds. The summed E-state index contributed by atoms with van der Waals surface area (Å²) in [4.78, 5) is 20.3. The second-order valence-electron chi connectivity index (χ2n) is 11.3. The van der Waals surface area contributed by atoms with Crippen molar-refractivity contribution in [2.75, 3.05) is 40.0 Å². The minimum absolute atomic E-state index is 0.0583. The van der Waals surface area contributed by atoms with Crippen LogP contribution in [0.1, 0.15) is 28.8 Å². The molecule has 2 aromatic heterocycles. The number of imidazole rings is 1. The molecule has 12 heteroatoms. The molecule has 0 spiro atoms. The van der Waals surface area contributed by atoms with Crippen LogP contribution >= 0.6 is 0 Å². The predicted octanol–water partition coefficient (Wildman–Crippen LogP) is 3.12. The van der Waals surface area contributed by atoms with Gasteiger partial charge in [-0.25, -0.2) is 4.98 Å². The molecule has 2 aliphatic heterocycles. The van der Waals surface area contributed by atoms with Crippen LogP contribution in [0.3, 0.4) is 0 Å². The van der Waals surface area contributed by atoms with Gasteiger partial charge in [0.15, 0.2) is 5.82 Å². The van der Waals surface area contributed by atoms with Crippen molar-refractivity contribution in [3.8, 4) is 17.3 Å². The molecule has 41 heavy (non-hydrogen) atoms. The van der Waals surface area contributed by atoms with Crippen molar-refractivity contribution >= 4 is 38.1 Å². The Hall–Kier alpha value is -3.45. The van der Waals surface area contributed by atoms with E-state index in [2.05, 4.69) is 27.3 Å². The first-order chi connectivity index (χ1) is 19.7. The van der Waals surface area contributed by atoms with E-state index < -0.39 is 16.3 Å². The van der Waals surface area contributed by atoms with Crippen LogP contribution in [-0.4, -0.2) is 88.2 Å². The average Bonchev–Trinajstić information content (AvgIpc) is 3.63. The lowest BCUT2D eigenvalue weighted by molar-refractivity contribution is 0.0142. The summed E-state index contributed by atoms with van der Waals surface area (Å²) in [5.74, 6) is 2.14. The summed E-state index contributed by atoms with van der Waals surface area (Å²) < 4.78 is 50.1. The lowest BCUT2D eigenvalue weighted by atomic mass is 9.97. The lowest BCUT2D eigenvalue weighted by Gasteiger charge is -2.37. The van der Waals surface area contributed by atoms with Crippen molar-refractivity contribution in [1.29, 1.82) is 0 Å². The number of fused-ring (bicyclic) bond motifs is 3. The molecule has 4 aromatic rings. The maximum absolute atomic E-state index is 13.6. The Morgan fingerprint density at radius 3 is 2.73 bits per heavy atom. The molecule has 1 saturated carbocycles. The SMILES string of the molecule is COc1cccc2cc(-c3nc4cc5c(cc4n3C)CCN(C[C@H]3COCCN3S(=O)(=O)O)C5=O)n(CC3CC3)c12. The molecule has 3 aliphatic rings. The molecule has 1 saturated heterocycles. The number of amides is 1. The Morgan fingerprint density at radius 1 is 1.15 bits per heavy atom. The molecule has 2 fully saturated rings. The standard InChI is InChI=1S/C29H33N5O6S/c1-31-24-12-19-8-9-32(16-21-17-40-11-10-34(21)41(36,37)38)29(35)22(19)14-23(24)30-28(31)25-13-20-4-3-5-26(39-2)27(20)33(25)15-18-6-7-18/h3-5,12-14,18,21H,6-11,15-17H2,1-2H3,(H,36,37,38)/t21-/m0/s1. The molecule has 11 nitrogen and oxygen atoms in total. The highest BCUT2D eigenvalue weighted by Crippen LogP contribution is 2.39.